The Kier molecular flexibility index (Phi) is 4.82. The molecule has 0 amide bonds. The third kappa shape index (κ3) is 4.03. The first kappa shape index (κ1) is 18.2. The van der Waals surface area contributed by atoms with Gasteiger partial charge in [-0.1, -0.05) is 42.5 Å². The molecule has 0 bridgehead atoms. The fraction of sp³-hybridized carbons (Fsp3) is 0.130. The number of fused-ring (bicyclic) bond motifs is 1. The smallest absolute Gasteiger partial charge is 0.416 e. The lowest BCUT2D eigenvalue weighted by molar-refractivity contribution is -0.137. The van der Waals surface area contributed by atoms with Gasteiger partial charge < -0.3 is 9.30 Å². The average molecular weight is 381 g/mol. The zero-order valence-electron chi connectivity index (χ0n) is 15.0. The molecular weight excluding hydrogens is 363 g/mol. The maximum atomic E-state index is 12.9. The van der Waals surface area contributed by atoms with Gasteiger partial charge in [0.2, 0.25) is 0 Å². The summed E-state index contributed by atoms with van der Waals surface area (Å²) in [5, 5.41) is 0.984. The number of benzene rings is 3. The first-order valence-corrected chi connectivity index (χ1v) is 8.91. The van der Waals surface area contributed by atoms with Crippen molar-refractivity contribution in [3.63, 3.8) is 0 Å². The zero-order valence-corrected chi connectivity index (χ0v) is 15.0. The highest BCUT2D eigenvalue weighted by molar-refractivity contribution is 5.81. The number of nitrogens with zero attached hydrogens (tertiary/aromatic N) is 1. The summed E-state index contributed by atoms with van der Waals surface area (Å²) in [4.78, 5) is 0. The molecule has 0 aliphatic rings. The Bertz CT molecular complexity index is 1080. The van der Waals surface area contributed by atoms with Crippen LogP contribution < -0.4 is 4.74 Å². The quantitative estimate of drug-likeness (QED) is 0.396. The van der Waals surface area contributed by atoms with Crippen molar-refractivity contribution in [2.45, 2.75) is 19.3 Å². The van der Waals surface area contributed by atoms with Crippen molar-refractivity contribution in [1.29, 1.82) is 0 Å². The van der Waals surface area contributed by atoms with Gasteiger partial charge in [-0.3, -0.25) is 0 Å². The summed E-state index contributed by atoms with van der Waals surface area (Å²) in [6, 6.07) is 23.0. The van der Waals surface area contributed by atoms with Crippen LogP contribution in [0.2, 0.25) is 0 Å². The largest absolute Gasteiger partial charge is 0.489 e. The van der Waals surface area contributed by atoms with Crippen molar-refractivity contribution in [3.05, 3.63) is 102 Å². The third-order valence-electron chi connectivity index (χ3n) is 4.60. The van der Waals surface area contributed by atoms with Crippen LogP contribution in [0, 0.1) is 0 Å². The number of aromatic nitrogens is 1. The lowest BCUT2D eigenvalue weighted by Gasteiger charge is -2.11. The Hall–Kier alpha value is -3.21. The van der Waals surface area contributed by atoms with Crippen LogP contribution in [0.3, 0.4) is 0 Å². The summed E-state index contributed by atoms with van der Waals surface area (Å²) in [6.45, 7) is 0.856. The van der Waals surface area contributed by atoms with Crippen LogP contribution in [0.1, 0.15) is 16.7 Å². The number of hydrogen-bond acceptors (Lipinski definition) is 1. The highest BCUT2D eigenvalue weighted by Crippen LogP contribution is 2.30. The molecule has 0 N–H and O–H groups in total. The molecule has 28 heavy (non-hydrogen) atoms. The second-order valence-corrected chi connectivity index (χ2v) is 6.64. The molecule has 0 aliphatic carbocycles. The molecule has 0 saturated heterocycles. The van der Waals surface area contributed by atoms with Crippen LogP contribution in [-0.2, 0) is 19.3 Å². The molecule has 3 aromatic carbocycles. The maximum absolute atomic E-state index is 12.9. The van der Waals surface area contributed by atoms with Gasteiger partial charge in [-0.15, -0.1) is 0 Å². The van der Waals surface area contributed by atoms with E-state index in [0.29, 0.717) is 18.7 Å². The molecule has 4 rings (SSSR count). The predicted molar refractivity (Wildman–Crippen MR) is 103 cm³/mol. The van der Waals surface area contributed by atoms with Gasteiger partial charge in [0.1, 0.15) is 12.4 Å². The molecule has 2 nitrogen and oxygen atoms in total. The van der Waals surface area contributed by atoms with E-state index in [-0.39, 0.29) is 0 Å². The predicted octanol–water partition coefficient (Wildman–Crippen LogP) is 6.29. The number of hydrogen-bond donors (Lipinski definition) is 0. The van der Waals surface area contributed by atoms with Crippen LogP contribution >= 0.6 is 0 Å². The minimum absolute atomic E-state index is 0.373. The summed E-state index contributed by atoms with van der Waals surface area (Å²) < 4.78 is 46.5. The molecule has 1 aromatic heterocycles. The molecule has 0 unspecified atom stereocenters. The summed E-state index contributed by atoms with van der Waals surface area (Å²) in [5.41, 5.74) is 2.02. The Balaban J connectivity index is 1.52. The van der Waals surface area contributed by atoms with Gasteiger partial charge in [-0.25, -0.2) is 0 Å². The minimum Gasteiger partial charge on any atom is -0.489 e. The minimum atomic E-state index is -4.33. The van der Waals surface area contributed by atoms with Crippen molar-refractivity contribution in [2.24, 2.45) is 0 Å². The van der Waals surface area contributed by atoms with Crippen LogP contribution in [0.25, 0.3) is 10.9 Å². The fourth-order valence-electron chi connectivity index (χ4n) is 3.19. The standard InChI is InChI=1S/C23H18F3NO/c24-23(25,26)20-8-4-7-18(13-20)15-27-12-11-19-14-21(9-10-22(19)27)28-16-17-5-2-1-3-6-17/h1-14H,15-16H2. The van der Waals surface area contributed by atoms with Gasteiger partial charge in [0.25, 0.3) is 0 Å². The molecular formula is C23H18F3NO. The molecule has 5 heteroatoms. The monoisotopic (exact) mass is 381 g/mol. The second-order valence-electron chi connectivity index (χ2n) is 6.64. The van der Waals surface area contributed by atoms with E-state index in [9.17, 15) is 13.2 Å². The zero-order chi connectivity index (χ0) is 19.6. The highest BCUT2D eigenvalue weighted by atomic mass is 19.4. The first-order valence-electron chi connectivity index (χ1n) is 8.91. The second kappa shape index (κ2) is 7.43. The Morgan fingerprint density at radius 2 is 1.57 bits per heavy atom. The molecule has 0 fully saturated rings. The Morgan fingerprint density at radius 3 is 2.36 bits per heavy atom. The summed E-state index contributed by atoms with van der Waals surface area (Å²) in [5.74, 6) is 0.758. The molecule has 0 radical (unpaired) electrons. The van der Waals surface area contributed by atoms with Crippen LogP contribution in [0.5, 0.6) is 5.75 Å². The SMILES string of the molecule is FC(F)(F)c1cccc(Cn2ccc3cc(OCc4ccccc4)ccc32)c1. The summed E-state index contributed by atoms with van der Waals surface area (Å²) in [7, 11) is 0. The lowest BCUT2D eigenvalue weighted by atomic mass is 10.1. The number of alkyl halides is 3. The third-order valence-corrected chi connectivity index (χ3v) is 4.60. The molecule has 142 valence electrons. The van der Waals surface area contributed by atoms with Crippen molar-refractivity contribution < 1.29 is 17.9 Å². The number of halogens is 3. The van der Waals surface area contributed by atoms with Crippen LogP contribution in [0.4, 0.5) is 13.2 Å². The fourth-order valence-corrected chi connectivity index (χ4v) is 3.19. The molecule has 0 saturated carbocycles. The first-order chi connectivity index (χ1) is 13.5. The van der Waals surface area contributed by atoms with E-state index in [1.54, 1.807) is 6.07 Å². The molecule has 0 aliphatic heterocycles. The van der Waals surface area contributed by atoms with E-state index in [2.05, 4.69) is 0 Å². The van der Waals surface area contributed by atoms with E-state index < -0.39 is 11.7 Å². The van der Waals surface area contributed by atoms with E-state index in [4.69, 9.17) is 4.74 Å². The van der Waals surface area contributed by atoms with Crippen molar-refractivity contribution in [1.82, 2.24) is 4.57 Å². The van der Waals surface area contributed by atoms with E-state index in [1.165, 1.54) is 12.1 Å². The molecule has 4 aromatic rings. The number of ether oxygens (including phenoxy) is 1. The van der Waals surface area contributed by atoms with Crippen molar-refractivity contribution in [3.8, 4) is 5.75 Å². The van der Waals surface area contributed by atoms with Gasteiger partial charge in [-0.05, 0) is 47.5 Å². The lowest BCUT2D eigenvalue weighted by Crippen LogP contribution is -2.06. The summed E-state index contributed by atoms with van der Waals surface area (Å²) >= 11 is 0. The van der Waals surface area contributed by atoms with Gasteiger partial charge in [-0.2, -0.15) is 13.2 Å². The normalized spacial score (nSPS) is 11.7. The highest BCUT2D eigenvalue weighted by Gasteiger charge is 2.30. The van der Waals surface area contributed by atoms with Crippen molar-refractivity contribution in [2.75, 3.05) is 0 Å². The Labute approximate surface area is 160 Å². The number of rotatable bonds is 5. The molecule has 0 spiro atoms. The molecule has 1 heterocycles. The van der Waals surface area contributed by atoms with Crippen LogP contribution in [0.15, 0.2) is 85.1 Å². The summed E-state index contributed by atoms with van der Waals surface area (Å²) in [6.07, 6.45) is -2.45. The Morgan fingerprint density at radius 1 is 0.786 bits per heavy atom. The topological polar surface area (TPSA) is 14.2 Å². The van der Waals surface area contributed by atoms with Crippen LogP contribution in [-0.4, -0.2) is 4.57 Å². The molecule has 0 atom stereocenters. The van der Waals surface area contributed by atoms with Gasteiger partial charge in [0.15, 0.2) is 0 Å². The van der Waals surface area contributed by atoms with E-state index in [1.807, 2.05) is 65.4 Å². The van der Waals surface area contributed by atoms with Gasteiger partial charge in [0.05, 0.1) is 5.56 Å². The van der Waals surface area contributed by atoms with Gasteiger partial charge in [0, 0.05) is 23.6 Å². The van der Waals surface area contributed by atoms with E-state index >= 15 is 0 Å². The maximum Gasteiger partial charge on any atom is 0.416 e. The van der Waals surface area contributed by atoms with Gasteiger partial charge >= 0.3 is 6.18 Å². The average Bonchev–Trinajstić information content (AvgIpc) is 3.09. The van der Waals surface area contributed by atoms with E-state index in [0.717, 1.165) is 28.3 Å². The van der Waals surface area contributed by atoms with Crippen molar-refractivity contribution >= 4 is 10.9 Å².